The van der Waals surface area contributed by atoms with Crippen molar-refractivity contribution in [2.45, 2.75) is 50.0 Å². The fraction of sp³-hybridized carbons (Fsp3) is 0.750. The number of carbonyl (C=O) groups is 1. The van der Waals surface area contributed by atoms with Crippen molar-refractivity contribution in [1.29, 1.82) is 0 Å². The van der Waals surface area contributed by atoms with E-state index in [1.807, 2.05) is 0 Å². The first-order chi connectivity index (χ1) is 29.9. The highest BCUT2D eigenvalue weighted by molar-refractivity contribution is 6.30. The summed E-state index contributed by atoms with van der Waals surface area (Å²) in [6.45, 7) is 4.46. The molecule has 2 rings (SSSR count). The Morgan fingerprint density at radius 1 is 0.613 bits per heavy atom. The van der Waals surface area contributed by atoms with Crippen LogP contribution in [0, 0.1) is 29.1 Å². The van der Waals surface area contributed by atoms with E-state index in [-0.39, 0.29) is 64.3 Å². The summed E-state index contributed by atoms with van der Waals surface area (Å²) in [4.78, 5) is 15.9. The third kappa shape index (κ3) is 22.5. The smallest absolute Gasteiger partial charge is 0.313 e. The second kappa shape index (κ2) is 33.4. The lowest BCUT2D eigenvalue weighted by Crippen LogP contribution is -2.58. The van der Waals surface area contributed by atoms with Crippen molar-refractivity contribution in [1.82, 2.24) is 5.23 Å². The summed E-state index contributed by atoms with van der Waals surface area (Å²) >= 11 is 0. The number of benzene rings is 1. The predicted octanol–water partition coefficient (Wildman–Crippen LogP) is -0.119. The predicted molar refractivity (Wildman–Crippen MR) is 200 cm³/mol. The molecule has 0 amide bonds. The monoisotopic (exact) mass is 912 g/mol. The minimum atomic E-state index is -2.36. The molecule has 0 saturated carbocycles. The third-order valence-electron chi connectivity index (χ3n) is 8.13. The topological polar surface area (TPSA) is 274 Å². The molecule has 21 nitrogen and oxygen atoms in total. The third-order valence-corrected chi connectivity index (χ3v) is 8.13. The summed E-state index contributed by atoms with van der Waals surface area (Å²) in [5.41, 5.74) is 0.387. The summed E-state index contributed by atoms with van der Waals surface area (Å²) < 4.78 is 125. The SMILES string of the molecule is N/N=C(\C=NCCOCCOCCOCCOCCOCCOCCOCCOCCC(=O)Oc1c(F)c(F)c(F)c(F)c1F)CCO[C@H]1OC(CCN(O)O)[C@@H](O)C(O)C1O. The van der Waals surface area contributed by atoms with Crippen LogP contribution < -0.4 is 10.6 Å². The number of esters is 1. The molecule has 1 fully saturated rings. The molecular weight excluding hydrogens is 855 g/mol. The van der Waals surface area contributed by atoms with Gasteiger partial charge in [-0.15, -0.1) is 0 Å². The van der Waals surface area contributed by atoms with Gasteiger partial charge in [0.1, 0.15) is 18.3 Å². The van der Waals surface area contributed by atoms with Gasteiger partial charge in [-0.2, -0.15) is 13.9 Å². The van der Waals surface area contributed by atoms with Crippen LogP contribution in [0.2, 0.25) is 0 Å². The number of rotatable bonds is 36. The molecule has 1 aromatic carbocycles. The minimum absolute atomic E-state index is 0.00827. The number of carbonyl (C=O) groups excluding carboxylic acids is 1. The number of nitrogens with zero attached hydrogens (tertiary/aromatic N) is 3. The maximum Gasteiger partial charge on any atom is 0.313 e. The Morgan fingerprint density at radius 3 is 1.50 bits per heavy atom. The van der Waals surface area contributed by atoms with Crippen LogP contribution in [0.5, 0.6) is 5.75 Å². The Kier molecular flexibility index (Phi) is 29.6. The van der Waals surface area contributed by atoms with Gasteiger partial charge in [0, 0.05) is 12.6 Å². The van der Waals surface area contributed by atoms with Crippen molar-refractivity contribution in [3.63, 3.8) is 0 Å². The van der Waals surface area contributed by atoms with E-state index in [0.717, 1.165) is 0 Å². The zero-order chi connectivity index (χ0) is 45.5. The number of hydroxylamine groups is 2. The van der Waals surface area contributed by atoms with Crippen LogP contribution in [0.25, 0.3) is 0 Å². The van der Waals surface area contributed by atoms with Crippen LogP contribution in [-0.4, -0.2) is 205 Å². The first-order valence-corrected chi connectivity index (χ1v) is 19.5. The Labute approximate surface area is 353 Å². The molecule has 1 aromatic rings. The van der Waals surface area contributed by atoms with Gasteiger partial charge in [-0.1, -0.05) is 5.23 Å². The average molecular weight is 913 g/mol. The molecular formula is C36H57F5N4O17. The van der Waals surface area contributed by atoms with Gasteiger partial charge in [-0.3, -0.25) is 20.2 Å². The van der Waals surface area contributed by atoms with Crippen LogP contribution >= 0.6 is 0 Å². The summed E-state index contributed by atoms with van der Waals surface area (Å²) in [6.07, 6.45) is -5.72. The summed E-state index contributed by atoms with van der Waals surface area (Å²) in [6, 6.07) is 0. The van der Waals surface area contributed by atoms with E-state index in [0.29, 0.717) is 84.9 Å². The quantitative estimate of drug-likeness (QED) is 0.00590. The summed E-state index contributed by atoms with van der Waals surface area (Å²) in [7, 11) is 0. The highest BCUT2D eigenvalue weighted by atomic mass is 19.2. The number of aliphatic hydroxyl groups excluding tert-OH is 3. The Morgan fingerprint density at radius 2 is 1.05 bits per heavy atom. The molecule has 5 atom stereocenters. The molecule has 7 N–H and O–H groups in total. The van der Waals surface area contributed by atoms with Crippen molar-refractivity contribution in [3.05, 3.63) is 29.1 Å². The second-order valence-electron chi connectivity index (χ2n) is 12.7. The maximum absolute atomic E-state index is 13.6. The standard InChI is InChI=1S/C36H57F5N4O17/c37-27-28(38)30(40)35(31(41)29(27)39)62-26(46)3-6-52-9-11-54-13-15-56-17-19-58-21-22-59-20-18-57-16-14-55-12-10-53-8-4-43-23-24(44-42)2-7-60-36-34(49)33(48)32(47)25(61-36)1-5-45(50)51/h23,25,32-34,36,47-51H,1-22,42H2/b43-23?,44-24-/t25?,32-,33?,34?,36+/m1/s1. The van der Waals surface area contributed by atoms with E-state index in [4.69, 9.17) is 63.6 Å². The summed E-state index contributed by atoms with van der Waals surface area (Å²) in [5.74, 6) is -8.83. The van der Waals surface area contributed by atoms with Crippen LogP contribution in [0.1, 0.15) is 19.3 Å². The number of ether oxygens (including phenoxy) is 11. The molecule has 3 unspecified atom stereocenters. The van der Waals surface area contributed by atoms with Gasteiger partial charge in [-0.05, 0) is 6.42 Å². The molecule has 26 heteroatoms. The van der Waals surface area contributed by atoms with Crippen molar-refractivity contribution in [2.24, 2.45) is 15.9 Å². The zero-order valence-electron chi connectivity index (χ0n) is 34.0. The van der Waals surface area contributed by atoms with Crippen LogP contribution in [0.4, 0.5) is 22.0 Å². The largest absolute Gasteiger partial charge is 0.420 e. The van der Waals surface area contributed by atoms with Gasteiger partial charge in [0.15, 0.2) is 6.29 Å². The van der Waals surface area contributed by atoms with E-state index < -0.39 is 77.9 Å². The lowest BCUT2D eigenvalue weighted by molar-refractivity contribution is -0.323. The van der Waals surface area contributed by atoms with Gasteiger partial charge in [0.2, 0.25) is 34.8 Å². The molecule has 0 bridgehead atoms. The van der Waals surface area contributed by atoms with Crippen molar-refractivity contribution in [2.75, 3.05) is 125 Å². The molecule has 62 heavy (non-hydrogen) atoms. The number of hydrogen-bond donors (Lipinski definition) is 6. The van der Waals surface area contributed by atoms with Crippen LogP contribution in [0.3, 0.4) is 0 Å². The maximum atomic E-state index is 13.6. The fourth-order valence-electron chi connectivity index (χ4n) is 4.90. The number of hydrazone groups is 1. The van der Waals surface area contributed by atoms with Gasteiger partial charge in [0.05, 0.1) is 144 Å². The fourth-order valence-corrected chi connectivity index (χ4v) is 4.90. The van der Waals surface area contributed by atoms with E-state index >= 15 is 0 Å². The molecule has 1 saturated heterocycles. The Bertz CT molecular complexity index is 1420. The molecule has 1 heterocycles. The highest BCUT2D eigenvalue weighted by Gasteiger charge is 2.44. The van der Waals surface area contributed by atoms with Crippen LogP contribution in [0.15, 0.2) is 10.1 Å². The lowest BCUT2D eigenvalue weighted by Gasteiger charge is -2.40. The first-order valence-electron chi connectivity index (χ1n) is 19.5. The Hall–Kier alpha value is -3.16. The molecule has 0 aromatic heterocycles. The van der Waals surface area contributed by atoms with Gasteiger partial charge in [0.25, 0.3) is 0 Å². The second-order valence-corrected chi connectivity index (χ2v) is 12.7. The van der Waals surface area contributed by atoms with Gasteiger partial charge in [-0.25, -0.2) is 13.2 Å². The van der Waals surface area contributed by atoms with Crippen molar-refractivity contribution < 1.29 is 105 Å². The minimum Gasteiger partial charge on any atom is -0.420 e. The zero-order valence-corrected chi connectivity index (χ0v) is 34.0. The molecule has 0 radical (unpaired) electrons. The number of aliphatic imine (C=N–C) groups is 1. The molecule has 1 aliphatic rings. The normalized spacial score (nSPS) is 19.6. The average Bonchev–Trinajstić information content (AvgIpc) is 3.26. The number of hydrogen-bond acceptors (Lipinski definition) is 21. The molecule has 358 valence electrons. The van der Waals surface area contributed by atoms with E-state index in [2.05, 4.69) is 14.8 Å². The van der Waals surface area contributed by atoms with Gasteiger partial charge >= 0.3 is 5.97 Å². The number of nitrogens with two attached hydrogens (primary N) is 1. The number of aliphatic hydroxyl groups is 3. The van der Waals surface area contributed by atoms with Gasteiger partial charge < -0.3 is 73.3 Å². The van der Waals surface area contributed by atoms with Crippen molar-refractivity contribution in [3.8, 4) is 5.75 Å². The first kappa shape index (κ1) is 55.0. The number of halogens is 5. The molecule has 0 aliphatic carbocycles. The van der Waals surface area contributed by atoms with Crippen LogP contribution in [-0.2, 0) is 52.2 Å². The molecule has 0 spiro atoms. The summed E-state index contributed by atoms with van der Waals surface area (Å²) in [5, 5.41) is 51.6. The highest BCUT2D eigenvalue weighted by Crippen LogP contribution is 2.29. The Balaban J connectivity index is 1.30. The van der Waals surface area contributed by atoms with Crippen molar-refractivity contribution >= 4 is 17.9 Å². The van der Waals surface area contributed by atoms with E-state index in [1.54, 1.807) is 0 Å². The van der Waals surface area contributed by atoms with E-state index in [1.165, 1.54) is 6.21 Å². The lowest BCUT2D eigenvalue weighted by atomic mass is 9.97. The molecule has 1 aliphatic heterocycles. The van der Waals surface area contributed by atoms with E-state index in [9.17, 15) is 42.1 Å².